The monoisotopic (exact) mass is 117 g/mol. The minimum atomic E-state index is -0.157. The van der Waals surface area contributed by atoms with Crippen LogP contribution in [0.3, 0.4) is 0 Å². The molecule has 2 nitrogen and oxygen atoms in total. The third kappa shape index (κ3) is 4.09. The van der Waals surface area contributed by atoms with Gasteiger partial charge in [0.15, 0.2) is 0 Å². The minimum absolute atomic E-state index is 0.157. The summed E-state index contributed by atoms with van der Waals surface area (Å²) in [4.78, 5) is 0. The highest BCUT2D eigenvalue weighted by Crippen LogP contribution is 1.84. The van der Waals surface area contributed by atoms with Crippen LogP contribution in [0.1, 0.15) is 20.3 Å². The normalized spacial score (nSPS) is 13.9. The van der Waals surface area contributed by atoms with Crippen LogP contribution in [0.4, 0.5) is 0 Å². The Bertz CT molecular complexity index is 47.8. The maximum Gasteiger partial charge on any atom is 0.0662 e. The van der Waals surface area contributed by atoms with Gasteiger partial charge in [-0.25, -0.2) is 0 Å². The first-order chi connectivity index (χ1) is 3.81. The maximum absolute atomic E-state index is 8.93. The molecule has 0 saturated heterocycles. The van der Waals surface area contributed by atoms with Crippen LogP contribution in [0.15, 0.2) is 0 Å². The Balaban J connectivity index is 2.86. The lowest BCUT2D eigenvalue weighted by atomic mass is 10.3. The van der Waals surface area contributed by atoms with Gasteiger partial charge in [0.05, 0.1) is 6.10 Å². The summed E-state index contributed by atoms with van der Waals surface area (Å²) in [5.41, 5.74) is 0. The van der Waals surface area contributed by atoms with Crippen LogP contribution in [0.2, 0.25) is 0 Å². The fourth-order valence-electron chi connectivity index (χ4n) is 0.455. The van der Waals surface area contributed by atoms with Crippen molar-refractivity contribution < 1.29 is 5.11 Å². The van der Waals surface area contributed by atoms with E-state index in [1.807, 2.05) is 13.8 Å². The van der Waals surface area contributed by atoms with Crippen molar-refractivity contribution in [3.63, 3.8) is 0 Å². The molecule has 0 aromatic carbocycles. The summed E-state index contributed by atoms with van der Waals surface area (Å²) in [7, 11) is 0. The number of likely N-dealkylation sites (N-methyl/N-ethyl adjacent to an activating group) is 1. The molecule has 50 valence electrons. The zero-order valence-corrected chi connectivity index (χ0v) is 5.65. The molecule has 2 N–H and O–H groups in total. The van der Waals surface area contributed by atoms with Crippen LogP contribution in [0.25, 0.3) is 0 Å². The molecule has 0 amide bonds. The molecular formula is C6H15NO. The smallest absolute Gasteiger partial charge is 0.0662 e. The van der Waals surface area contributed by atoms with E-state index >= 15 is 0 Å². The van der Waals surface area contributed by atoms with Crippen molar-refractivity contribution in [2.24, 2.45) is 0 Å². The lowest BCUT2D eigenvalue weighted by Gasteiger charge is -2.05. The molecule has 0 rings (SSSR count). The first kappa shape index (κ1) is 7.92. The zero-order chi connectivity index (χ0) is 6.41. The lowest BCUT2D eigenvalue weighted by molar-refractivity contribution is 0.168. The van der Waals surface area contributed by atoms with E-state index in [2.05, 4.69) is 5.32 Å². The van der Waals surface area contributed by atoms with Gasteiger partial charge in [0, 0.05) is 6.54 Å². The summed E-state index contributed by atoms with van der Waals surface area (Å²) in [5.74, 6) is 0. The summed E-state index contributed by atoms with van der Waals surface area (Å²) in [5, 5.41) is 12.0. The number of rotatable bonds is 4. The number of nitrogens with one attached hydrogen (secondary N) is 1. The van der Waals surface area contributed by atoms with Crippen LogP contribution in [0, 0.1) is 0 Å². The van der Waals surface area contributed by atoms with Gasteiger partial charge >= 0.3 is 0 Å². The molecule has 1 atom stereocenters. The highest BCUT2D eigenvalue weighted by molar-refractivity contribution is 4.53. The summed E-state index contributed by atoms with van der Waals surface area (Å²) >= 11 is 0. The molecule has 0 unspecified atom stereocenters. The number of hydrogen-bond donors (Lipinski definition) is 2. The predicted octanol–water partition coefficient (Wildman–Crippen LogP) is 0.367. The van der Waals surface area contributed by atoms with Crippen LogP contribution in [-0.4, -0.2) is 24.3 Å². The topological polar surface area (TPSA) is 32.3 Å². The van der Waals surface area contributed by atoms with E-state index in [9.17, 15) is 0 Å². The third-order valence-electron chi connectivity index (χ3n) is 1.10. The first-order valence-corrected chi connectivity index (χ1v) is 3.20. The van der Waals surface area contributed by atoms with Crippen molar-refractivity contribution >= 4 is 0 Å². The summed E-state index contributed by atoms with van der Waals surface area (Å²) < 4.78 is 0. The molecule has 0 aliphatic heterocycles. The highest BCUT2D eigenvalue weighted by Gasteiger charge is 1.95. The summed E-state index contributed by atoms with van der Waals surface area (Å²) in [6, 6.07) is 0. The molecule has 2 heteroatoms. The van der Waals surface area contributed by atoms with Crippen molar-refractivity contribution in [3.05, 3.63) is 0 Å². The van der Waals surface area contributed by atoms with Gasteiger partial charge in [0.2, 0.25) is 0 Å². The fraction of sp³-hybridized carbons (Fsp3) is 1.00. The largest absolute Gasteiger partial charge is 0.392 e. The molecule has 0 heterocycles. The molecular weight excluding hydrogens is 102 g/mol. The fourth-order valence-corrected chi connectivity index (χ4v) is 0.455. The third-order valence-corrected chi connectivity index (χ3v) is 1.10. The summed E-state index contributed by atoms with van der Waals surface area (Å²) in [6.45, 7) is 5.68. The molecule has 0 radical (unpaired) electrons. The van der Waals surface area contributed by atoms with Gasteiger partial charge < -0.3 is 10.4 Å². The van der Waals surface area contributed by atoms with E-state index in [-0.39, 0.29) is 6.10 Å². The van der Waals surface area contributed by atoms with Crippen molar-refractivity contribution in [1.82, 2.24) is 5.32 Å². The minimum Gasteiger partial charge on any atom is -0.392 e. The molecule has 8 heavy (non-hydrogen) atoms. The summed E-state index contributed by atoms with van der Waals surface area (Å²) in [6.07, 6.45) is 0.683. The van der Waals surface area contributed by atoms with Crippen LogP contribution in [-0.2, 0) is 0 Å². The molecule has 0 saturated carbocycles. The number of aliphatic hydroxyl groups excluding tert-OH is 1. The second-order valence-corrected chi connectivity index (χ2v) is 1.87. The standard InChI is InChI=1S/C6H15NO/c1-3-6(8)5-7-4-2/h6-8H,3-5H2,1-2H3/t6-/m1/s1. The molecule has 0 bridgehead atoms. The average molecular weight is 117 g/mol. The van der Waals surface area contributed by atoms with Gasteiger partial charge in [-0.2, -0.15) is 0 Å². The Labute approximate surface area is 50.9 Å². The van der Waals surface area contributed by atoms with E-state index in [0.717, 1.165) is 19.5 Å². The van der Waals surface area contributed by atoms with Gasteiger partial charge in [-0.3, -0.25) is 0 Å². The van der Waals surface area contributed by atoms with Gasteiger partial charge in [-0.15, -0.1) is 0 Å². The molecule has 0 aliphatic carbocycles. The maximum atomic E-state index is 8.93. The first-order valence-electron chi connectivity index (χ1n) is 3.20. The molecule has 0 fully saturated rings. The van der Waals surface area contributed by atoms with Gasteiger partial charge in [0.1, 0.15) is 0 Å². The number of aliphatic hydroxyl groups is 1. The van der Waals surface area contributed by atoms with Crippen LogP contribution < -0.4 is 5.32 Å². The molecule has 0 aliphatic rings. The van der Waals surface area contributed by atoms with Gasteiger partial charge in [-0.1, -0.05) is 13.8 Å². The second-order valence-electron chi connectivity index (χ2n) is 1.87. The van der Waals surface area contributed by atoms with Crippen molar-refractivity contribution in [2.75, 3.05) is 13.1 Å². The average Bonchev–Trinajstić information content (AvgIpc) is 1.83. The van der Waals surface area contributed by atoms with Crippen LogP contribution >= 0.6 is 0 Å². The predicted molar refractivity (Wildman–Crippen MR) is 34.8 cm³/mol. The van der Waals surface area contributed by atoms with E-state index in [4.69, 9.17) is 5.11 Å². The molecule has 0 spiro atoms. The molecule has 0 aromatic rings. The SMILES string of the molecule is CCNC[C@H](O)CC. The van der Waals surface area contributed by atoms with Crippen LogP contribution in [0.5, 0.6) is 0 Å². The van der Waals surface area contributed by atoms with Crippen molar-refractivity contribution in [1.29, 1.82) is 0 Å². The Morgan fingerprint density at radius 2 is 2.12 bits per heavy atom. The van der Waals surface area contributed by atoms with Crippen molar-refractivity contribution in [3.8, 4) is 0 Å². The lowest BCUT2D eigenvalue weighted by Crippen LogP contribution is -2.25. The van der Waals surface area contributed by atoms with E-state index in [1.165, 1.54) is 0 Å². The highest BCUT2D eigenvalue weighted by atomic mass is 16.3. The van der Waals surface area contributed by atoms with Crippen molar-refractivity contribution in [2.45, 2.75) is 26.4 Å². The van der Waals surface area contributed by atoms with Gasteiger partial charge in [0.25, 0.3) is 0 Å². The van der Waals surface area contributed by atoms with E-state index in [0.29, 0.717) is 0 Å². The Kier molecular flexibility index (Phi) is 5.01. The van der Waals surface area contributed by atoms with E-state index < -0.39 is 0 Å². The number of hydrogen-bond acceptors (Lipinski definition) is 2. The quantitative estimate of drug-likeness (QED) is 0.557. The van der Waals surface area contributed by atoms with E-state index in [1.54, 1.807) is 0 Å². The Morgan fingerprint density at radius 3 is 2.50 bits per heavy atom. The zero-order valence-electron chi connectivity index (χ0n) is 5.65. The Hall–Kier alpha value is -0.0800. The molecule has 0 aromatic heterocycles. The van der Waals surface area contributed by atoms with Gasteiger partial charge in [-0.05, 0) is 13.0 Å². The Morgan fingerprint density at radius 1 is 1.50 bits per heavy atom. The second kappa shape index (κ2) is 5.06.